The molecule has 0 radical (unpaired) electrons. The Morgan fingerprint density at radius 2 is 1.10 bits per heavy atom. The van der Waals surface area contributed by atoms with Crippen LogP contribution in [0, 0.1) is 10.5 Å². The maximum Gasteiger partial charge on any atom is 0.0702 e. The molecule has 0 saturated heterocycles. The zero-order chi connectivity index (χ0) is 20.5. The fraction of sp³-hybridized carbons (Fsp3) is 0.0357. The van der Waals surface area contributed by atoms with Crippen LogP contribution in [0.5, 0.6) is 0 Å². The van der Waals surface area contributed by atoms with Crippen molar-refractivity contribution in [3.05, 3.63) is 112 Å². The van der Waals surface area contributed by atoms with Crippen LogP contribution in [0.15, 0.2) is 103 Å². The highest BCUT2D eigenvalue weighted by atomic mass is 127. The van der Waals surface area contributed by atoms with Crippen LogP contribution in [0.25, 0.3) is 44.3 Å². The summed E-state index contributed by atoms with van der Waals surface area (Å²) in [6.07, 6.45) is 1.97. The maximum absolute atomic E-state index is 4.71. The highest BCUT2D eigenvalue weighted by Crippen LogP contribution is 2.29. The standard InChI is InChI=1S/C28H20IN/c1-19-2-4-22(5-3-19)28-15-12-25(18-30-28)24-9-7-21-6-8-23(16-26(21)17-24)20-10-13-27(29)14-11-20/h2-18H,1H3. The predicted molar refractivity (Wildman–Crippen MR) is 136 cm³/mol. The first-order chi connectivity index (χ1) is 14.7. The van der Waals surface area contributed by atoms with Crippen LogP contribution in [0.1, 0.15) is 5.56 Å². The molecule has 144 valence electrons. The topological polar surface area (TPSA) is 12.9 Å². The van der Waals surface area contributed by atoms with Crippen LogP contribution in [-0.2, 0) is 0 Å². The van der Waals surface area contributed by atoms with Crippen LogP contribution < -0.4 is 0 Å². The lowest BCUT2D eigenvalue weighted by atomic mass is 9.98. The van der Waals surface area contributed by atoms with Gasteiger partial charge in [-0.1, -0.05) is 72.3 Å². The summed E-state index contributed by atoms with van der Waals surface area (Å²) in [4.78, 5) is 4.71. The SMILES string of the molecule is Cc1ccc(-c2ccc(-c3ccc4ccc(-c5ccc(I)cc5)cc4c3)cn2)cc1. The zero-order valence-corrected chi connectivity index (χ0v) is 18.8. The molecule has 0 aliphatic rings. The minimum atomic E-state index is 1.00. The minimum Gasteiger partial charge on any atom is -0.256 e. The second-order valence-electron chi connectivity index (χ2n) is 7.58. The molecule has 30 heavy (non-hydrogen) atoms. The Hall–Kier alpha value is -2.98. The van der Waals surface area contributed by atoms with Gasteiger partial charge in [0.1, 0.15) is 0 Å². The van der Waals surface area contributed by atoms with E-state index in [-0.39, 0.29) is 0 Å². The molecule has 1 heterocycles. The summed E-state index contributed by atoms with van der Waals surface area (Å²) in [5.74, 6) is 0. The largest absolute Gasteiger partial charge is 0.256 e. The summed E-state index contributed by atoms with van der Waals surface area (Å²) in [6, 6.07) is 34.7. The summed E-state index contributed by atoms with van der Waals surface area (Å²) >= 11 is 2.34. The second-order valence-corrected chi connectivity index (χ2v) is 8.83. The van der Waals surface area contributed by atoms with E-state index < -0.39 is 0 Å². The Bertz CT molecular complexity index is 1320. The normalized spacial score (nSPS) is 11.0. The summed E-state index contributed by atoms with van der Waals surface area (Å²) in [6.45, 7) is 2.10. The molecule has 1 aromatic heterocycles. The first-order valence-electron chi connectivity index (χ1n) is 9.99. The Kier molecular flexibility index (Phi) is 5.09. The molecule has 0 atom stereocenters. The number of fused-ring (bicyclic) bond motifs is 1. The van der Waals surface area contributed by atoms with Crippen LogP contribution in [-0.4, -0.2) is 4.98 Å². The summed E-state index contributed by atoms with van der Waals surface area (Å²) in [7, 11) is 0. The highest BCUT2D eigenvalue weighted by molar-refractivity contribution is 14.1. The molecule has 0 spiro atoms. The van der Waals surface area contributed by atoms with Crippen molar-refractivity contribution in [2.45, 2.75) is 6.92 Å². The first kappa shape index (κ1) is 19.0. The smallest absolute Gasteiger partial charge is 0.0702 e. The number of hydrogen-bond acceptors (Lipinski definition) is 1. The number of hydrogen-bond donors (Lipinski definition) is 0. The number of pyridine rings is 1. The van der Waals surface area contributed by atoms with Gasteiger partial charge in [-0.25, -0.2) is 0 Å². The molecule has 0 fully saturated rings. The van der Waals surface area contributed by atoms with Crippen molar-refractivity contribution in [3.63, 3.8) is 0 Å². The van der Waals surface area contributed by atoms with Gasteiger partial charge < -0.3 is 0 Å². The maximum atomic E-state index is 4.71. The fourth-order valence-electron chi connectivity index (χ4n) is 3.71. The lowest BCUT2D eigenvalue weighted by molar-refractivity contribution is 1.32. The van der Waals surface area contributed by atoms with Gasteiger partial charge in [-0.2, -0.15) is 0 Å². The van der Waals surface area contributed by atoms with E-state index in [1.807, 2.05) is 6.20 Å². The van der Waals surface area contributed by atoms with Crippen LogP contribution >= 0.6 is 22.6 Å². The lowest BCUT2D eigenvalue weighted by Gasteiger charge is -2.08. The van der Waals surface area contributed by atoms with Gasteiger partial charge >= 0.3 is 0 Å². The van der Waals surface area contributed by atoms with E-state index in [1.165, 1.54) is 36.6 Å². The van der Waals surface area contributed by atoms with E-state index in [2.05, 4.69) is 127 Å². The Morgan fingerprint density at radius 1 is 0.533 bits per heavy atom. The highest BCUT2D eigenvalue weighted by Gasteiger charge is 2.05. The average Bonchev–Trinajstić information content (AvgIpc) is 2.79. The van der Waals surface area contributed by atoms with Crippen LogP contribution in [0.4, 0.5) is 0 Å². The van der Waals surface area contributed by atoms with Crippen molar-refractivity contribution in [3.8, 4) is 33.5 Å². The van der Waals surface area contributed by atoms with Crippen molar-refractivity contribution in [2.75, 3.05) is 0 Å². The van der Waals surface area contributed by atoms with E-state index in [0.717, 1.165) is 16.8 Å². The molecule has 5 aromatic rings. The third kappa shape index (κ3) is 3.88. The van der Waals surface area contributed by atoms with Gasteiger partial charge in [0.2, 0.25) is 0 Å². The van der Waals surface area contributed by atoms with Gasteiger partial charge in [0, 0.05) is 20.9 Å². The monoisotopic (exact) mass is 497 g/mol. The summed E-state index contributed by atoms with van der Waals surface area (Å²) in [5, 5.41) is 2.49. The number of aromatic nitrogens is 1. The molecule has 2 heteroatoms. The number of halogens is 1. The molecule has 5 rings (SSSR count). The molecule has 0 aliphatic heterocycles. The third-order valence-corrected chi connectivity index (χ3v) is 6.18. The van der Waals surface area contributed by atoms with Crippen LogP contribution in [0.2, 0.25) is 0 Å². The van der Waals surface area contributed by atoms with Crippen molar-refractivity contribution in [1.82, 2.24) is 4.98 Å². The van der Waals surface area contributed by atoms with Gasteiger partial charge in [0.15, 0.2) is 0 Å². The summed E-state index contributed by atoms with van der Waals surface area (Å²) in [5.41, 5.74) is 8.21. The number of nitrogens with zero attached hydrogens (tertiary/aromatic N) is 1. The van der Waals surface area contributed by atoms with Gasteiger partial charge in [-0.15, -0.1) is 0 Å². The lowest BCUT2D eigenvalue weighted by Crippen LogP contribution is -1.86. The number of aryl methyl sites for hydroxylation is 1. The van der Waals surface area contributed by atoms with Gasteiger partial charge in [-0.3, -0.25) is 4.98 Å². The Morgan fingerprint density at radius 3 is 1.73 bits per heavy atom. The molecular formula is C28H20IN. The molecule has 0 saturated carbocycles. The number of benzene rings is 4. The van der Waals surface area contributed by atoms with Gasteiger partial charge in [-0.05, 0) is 87.3 Å². The Labute approximate surface area is 190 Å². The van der Waals surface area contributed by atoms with E-state index >= 15 is 0 Å². The van der Waals surface area contributed by atoms with Crippen molar-refractivity contribution >= 4 is 33.4 Å². The third-order valence-electron chi connectivity index (χ3n) is 5.46. The quantitative estimate of drug-likeness (QED) is 0.229. The molecule has 1 nitrogen and oxygen atoms in total. The Balaban J connectivity index is 1.49. The van der Waals surface area contributed by atoms with E-state index in [9.17, 15) is 0 Å². The number of rotatable bonds is 3. The zero-order valence-electron chi connectivity index (χ0n) is 16.6. The van der Waals surface area contributed by atoms with Crippen molar-refractivity contribution in [2.24, 2.45) is 0 Å². The molecule has 0 unspecified atom stereocenters. The van der Waals surface area contributed by atoms with Crippen molar-refractivity contribution in [1.29, 1.82) is 0 Å². The van der Waals surface area contributed by atoms with E-state index in [1.54, 1.807) is 0 Å². The average molecular weight is 497 g/mol. The fourth-order valence-corrected chi connectivity index (χ4v) is 4.07. The second kappa shape index (κ2) is 8.04. The molecule has 0 N–H and O–H groups in total. The van der Waals surface area contributed by atoms with Crippen molar-refractivity contribution < 1.29 is 0 Å². The van der Waals surface area contributed by atoms with Gasteiger partial charge in [0.05, 0.1) is 5.69 Å². The van der Waals surface area contributed by atoms with Gasteiger partial charge in [0.25, 0.3) is 0 Å². The first-order valence-corrected chi connectivity index (χ1v) is 11.1. The van der Waals surface area contributed by atoms with E-state index in [0.29, 0.717) is 0 Å². The molecule has 0 aliphatic carbocycles. The predicted octanol–water partition coefficient (Wildman–Crippen LogP) is 8.15. The molecule has 0 bridgehead atoms. The molecule has 0 amide bonds. The van der Waals surface area contributed by atoms with E-state index in [4.69, 9.17) is 4.98 Å². The minimum absolute atomic E-state index is 1.00. The summed E-state index contributed by atoms with van der Waals surface area (Å²) < 4.78 is 1.25. The molecular weight excluding hydrogens is 477 g/mol. The molecule has 4 aromatic carbocycles. The van der Waals surface area contributed by atoms with Crippen LogP contribution in [0.3, 0.4) is 0 Å².